The fourth-order valence-electron chi connectivity index (χ4n) is 2.22. The van der Waals surface area contributed by atoms with E-state index in [2.05, 4.69) is 10.0 Å². The standard InChI is InChI=1S/C18H19F3N2O5S/c1-3-27-15-9-12(18(19,20)21)8-13(10-15)23-29(25,26)16-6-4-14(5-7-16)28-11-17(24)22-2/h4-10,23H,3,11H2,1-2H3,(H,22,24). The number of sulfonamides is 1. The fourth-order valence-corrected chi connectivity index (χ4v) is 3.26. The number of carbonyl (C=O) groups excluding carboxylic acids is 1. The summed E-state index contributed by atoms with van der Waals surface area (Å²) in [5.74, 6) is -0.221. The van der Waals surface area contributed by atoms with Crippen LogP contribution in [0, 0.1) is 0 Å². The first kappa shape index (κ1) is 22.3. The number of nitrogens with one attached hydrogen (secondary N) is 2. The average Bonchev–Trinajstić information content (AvgIpc) is 2.65. The van der Waals surface area contributed by atoms with Crippen molar-refractivity contribution in [1.82, 2.24) is 5.32 Å². The molecule has 0 saturated carbocycles. The Morgan fingerprint density at radius 1 is 1.03 bits per heavy atom. The number of carbonyl (C=O) groups is 1. The molecule has 0 aliphatic rings. The number of halogens is 3. The fraction of sp³-hybridized carbons (Fsp3) is 0.278. The normalized spacial score (nSPS) is 11.6. The molecule has 0 atom stereocenters. The van der Waals surface area contributed by atoms with E-state index in [0.29, 0.717) is 6.07 Å². The highest BCUT2D eigenvalue weighted by atomic mass is 32.2. The van der Waals surface area contributed by atoms with Crippen LogP contribution in [-0.4, -0.2) is 34.6 Å². The van der Waals surface area contributed by atoms with Gasteiger partial charge in [0.15, 0.2) is 6.61 Å². The van der Waals surface area contributed by atoms with E-state index in [1.54, 1.807) is 6.92 Å². The molecule has 0 saturated heterocycles. The Hall–Kier alpha value is -2.95. The van der Waals surface area contributed by atoms with Gasteiger partial charge < -0.3 is 14.8 Å². The predicted molar refractivity (Wildman–Crippen MR) is 99.4 cm³/mol. The van der Waals surface area contributed by atoms with Gasteiger partial charge in [-0.2, -0.15) is 13.2 Å². The third-order valence-electron chi connectivity index (χ3n) is 3.58. The van der Waals surface area contributed by atoms with E-state index in [-0.39, 0.29) is 41.2 Å². The lowest BCUT2D eigenvalue weighted by atomic mass is 10.2. The summed E-state index contributed by atoms with van der Waals surface area (Å²) in [7, 11) is -2.73. The number of amides is 1. The number of rotatable bonds is 8. The van der Waals surface area contributed by atoms with Crippen molar-refractivity contribution < 1.29 is 35.9 Å². The number of benzene rings is 2. The first-order valence-corrected chi connectivity index (χ1v) is 9.85. The smallest absolute Gasteiger partial charge is 0.416 e. The lowest BCUT2D eigenvalue weighted by molar-refractivity contribution is -0.137. The van der Waals surface area contributed by atoms with Crippen molar-refractivity contribution in [3.05, 3.63) is 48.0 Å². The third kappa shape index (κ3) is 6.28. The van der Waals surface area contributed by atoms with Gasteiger partial charge in [0, 0.05) is 13.1 Å². The molecule has 2 N–H and O–H groups in total. The maximum Gasteiger partial charge on any atom is 0.416 e. The SMILES string of the molecule is CCOc1cc(NS(=O)(=O)c2ccc(OCC(=O)NC)cc2)cc(C(F)(F)F)c1. The van der Waals surface area contributed by atoms with Gasteiger partial charge in [-0.15, -0.1) is 0 Å². The lowest BCUT2D eigenvalue weighted by Gasteiger charge is -2.14. The largest absolute Gasteiger partial charge is 0.494 e. The van der Waals surface area contributed by atoms with Crippen LogP contribution in [0.4, 0.5) is 18.9 Å². The van der Waals surface area contributed by atoms with Gasteiger partial charge in [-0.1, -0.05) is 0 Å². The summed E-state index contributed by atoms with van der Waals surface area (Å²) in [4.78, 5) is 11.0. The Bertz CT molecular complexity index is 960. The van der Waals surface area contributed by atoms with Crippen LogP contribution in [-0.2, 0) is 21.0 Å². The molecular formula is C18H19F3N2O5S. The average molecular weight is 432 g/mol. The quantitative estimate of drug-likeness (QED) is 0.669. The Kier molecular flexibility index (Phi) is 6.96. The Labute approximate surface area is 165 Å². The van der Waals surface area contributed by atoms with Gasteiger partial charge in [0.1, 0.15) is 11.5 Å². The summed E-state index contributed by atoms with van der Waals surface area (Å²) in [6.07, 6.45) is -4.67. The molecule has 158 valence electrons. The van der Waals surface area contributed by atoms with Crippen LogP contribution in [0.5, 0.6) is 11.5 Å². The van der Waals surface area contributed by atoms with Crippen LogP contribution in [0.2, 0.25) is 0 Å². The number of hydrogen-bond acceptors (Lipinski definition) is 5. The molecule has 11 heteroatoms. The zero-order valence-corrected chi connectivity index (χ0v) is 16.4. The topological polar surface area (TPSA) is 93.7 Å². The van der Waals surface area contributed by atoms with Crippen molar-refractivity contribution in [2.45, 2.75) is 18.0 Å². The lowest BCUT2D eigenvalue weighted by Crippen LogP contribution is -2.24. The maximum atomic E-state index is 13.1. The number of hydrogen-bond donors (Lipinski definition) is 2. The molecule has 0 aromatic heterocycles. The van der Waals surface area contributed by atoms with Crippen molar-refractivity contribution in [1.29, 1.82) is 0 Å². The second kappa shape index (κ2) is 9.03. The highest BCUT2D eigenvalue weighted by Crippen LogP contribution is 2.34. The molecule has 29 heavy (non-hydrogen) atoms. The molecule has 0 spiro atoms. The van der Waals surface area contributed by atoms with Gasteiger partial charge in [0.25, 0.3) is 15.9 Å². The van der Waals surface area contributed by atoms with Crippen LogP contribution < -0.4 is 19.5 Å². The zero-order chi connectivity index (χ0) is 21.7. The van der Waals surface area contributed by atoms with Crippen LogP contribution in [0.25, 0.3) is 0 Å². The van der Waals surface area contributed by atoms with Crippen molar-refractivity contribution in [3.8, 4) is 11.5 Å². The summed E-state index contributed by atoms with van der Waals surface area (Å²) in [5.41, 5.74) is -1.33. The van der Waals surface area contributed by atoms with Gasteiger partial charge in [0.05, 0.1) is 22.8 Å². The molecule has 2 aromatic rings. The van der Waals surface area contributed by atoms with Crippen molar-refractivity contribution in [2.24, 2.45) is 0 Å². The number of likely N-dealkylation sites (N-methyl/N-ethyl adjacent to an activating group) is 1. The molecule has 0 heterocycles. The molecule has 0 radical (unpaired) electrons. The minimum absolute atomic E-state index is 0.113. The first-order chi connectivity index (χ1) is 13.5. The summed E-state index contributed by atoms with van der Waals surface area (Å²) >= 11 is 0. The minimum atomic E-state index is -4.67. The Morgan fingerprint density at radius 3 is 2.24 bits per heavy atom. The Morgan fingerprint density at radius 2 is 1.69 bits per heavy atom. The molecule has 2 rings (SSSR count). The van der Waals surface area contributed by atoms with E-state index in [0.717, 1.165) is 12.1 Å². The summed E-state index contributed by atoms with van der Waals surface area (Å²) in [6, 6.07) is 7.71. The molecular weight excluding hydrogens is 413 g/mol. The van der Waals surface area contributed by atoms with Gasteiger partial charge in [0.2, 0.25) is 0 Å². The maximum absolute atomic E-state index is 13.1. The highest BCUT2D eigenvalue weighted by molar-refractivity contribution is 7.92. The van der Waals surface area contributed by atoms with Gasteiger partial charge in [-0.3, -0.25) is 9.52 Å². The van der Waals surface area contributed by atoms with E-state index < -0.39 is 21.8 Å². The Balaban J connectivity index is 2.24. The minimum Gasteiger partial charge on any atom is -0.494 e. The van der Waals surface area contributed by atoms with E-state index in [4.69, 9.17) is 9.47 Å². The number of anilines is 1. The molecule has 7 nitrogen and oxygen atoms in total. The van der Waals surface area contributed by atoms with E-state index in [9.17, 15) is 26.4 Å². The first-order valence-electron chi connectivity index (χ1n) is 8.36. The van der Waals surface area contributed by atoms with Crippen molar-refractivity contribution in [3.63, 3.8) is 0 Å². The third-order valence-corrected chi connectivity index (χ3v) is 4.98. The predicted octanol–water partition coefficient (Wildman–Crippen LogP) is 3.03. The van der Waals surface area contributed by atoms with Gasteiger partial charge in [-0.05, 0) is 43.3 Å². The van der Waals surface area contributed by atoms with E-state index in [1.165, 1.54) is 31.3 Å². The zero-order valence-electron chi connectivity index (χ0n) is 15.5. The highest BCUT2D eigenvalue weighted by Gasteiger charge is 2.32. The number of alkyl halides is 3. The molecule has 0 bridgehead atoms. The van der Waals surface area contributed by atoms with E-state index in [1.807, 2.05) is 0 Å². The second-order valence-electron chi connectivity index (χ2n) is 5.72. The molecule has 0 unspecified atom stereocenters. The van der Waals surface area contributed by atoms with Crippen LogP contribution in [0.3, 0.4) is 0 Å². The summed E-state index contributed by atoms with van der Waals surface area (Å²) in [6.45, 7) is 1.47. The summed E-state index contributed by atoms with van der Waals surface area (Å²) in [5, 5.41) is 2.37. The molecule has 0 fully saturated rings. The van der Waals surface area contributed by atoms with Crippen molar-refractivity contribution in [2.75, 3.05) is 25.0 Å². The van der Waals surface area contributed by atoms with Crippen LogP contribution in [0.1, 0.15) is 12.5 Å². The van der Waals surface area contributed by atoms with Crippen molar-refractivity contribution >= 4 is 21.6 Å². The molecule has 2 aromatic carbocycles. The molecule has 0 aliphatic heterocycles. The number of ether oxygens (including phenoxy) is 2. The second-order valence-corrected chi connectivity index (χ2v) is 7.40. The van der Waals surface area contributed by atoms with Gasteiger partial charge in [-0.25, -0.2) is 8.42 Å². The molecule has 1 amide bonds. The monoisotopic (exact) mass is 432 g/mol. The van der Waals surface area contributed by atoms with E-state index >= 15 is 0 Å². The van der Waals surface area contributed by atoms with Crippen LogP contribution >= 0.6 is 0 Å². The summed E-state index contributed by atoms with van der Waals surface area (Å²) < 4.78 is 76.6. The molecule has 0 aliphatic carbocycles. The van der Waals surface area contributed by atoms with Crippen LogP contribution in [0.15, 0.2) is 47.4 Å². The van der Waals surface area contributed by atoms with Gasteiger partial charge >= 0.3 is 6.18 Å².